The fourth-order valence-electron chi connectivity index (χ4n) is 6.33. The van der Waals surface area contributed by atoms with Crippen molar-refractivity contribution >= 4 is 23.5 Å². The molecule has 0 bridgehead atoms. The summed E-state index contributed by atoms with van der Waals surface area (Å²) in [5, 5.41) is 9.67. The Labute approximate surface area is 283 Å². The Morgan fingerprint density at radius 1 is 0.979 bits per heavy atom. The van der Waals surface area contributed by atoms with Crippen LogP contribution < -0.4 is 0 Å². The van der Waals surface area contributed by atoms with Crippen molar-refractivity contribution in [1.82, 2.24) is 29.4 Å². The molecule has 9 nitrogen and oxygen atoms in total. The second-order valence-electron chi connectivity index (χ2n) is 14.2. The van der Waals surface area contributed by atoms with Crippen LogP contribution >= 0.6 is 11.6 Å². The van der Waals surface area contributed by atoms with Gasteiger partial charge in [0, 0.05) is 48.6 Å². The molecule has 1 unspecified atom stereocenters. The van der Waals surface area contributed by atoms with E-state index in [9.17, 15) is 9.59 Å². The first-order valence-corrected chi connectivity index (χ1v) is 16.8. The first-order chi connectivity index (χ1) is 22.2. The highest BCUT2D eigenvalue weighted by atomic mass is 35.5. The number of ether oxygens (including phenoxy) is 1. The Kier molecular flexibility index (Phi) is 10.3. The molecule has 1 saturated heterocycles. The van der Waals surface area contributed by atoms with Gasteiger partial charge in [0.15, 0.2) is 0 Å². The van der Waals surface area contributed by atoms with Crippen molar-refractivity contribution in [2.45, 2.75) is 86.5 Å². The lowest BCUT2D eigenvalue weighted by Gasteiger charge is -2.42. The summed E-state index contributed by atoms with van der Waals surface area (Å²) in [6, 6.07) is 15.8. The molecule has 0 N–H and O–H groups in total. The molecular weight excluding hydrogens is 612 g/mol. The van der Waals surface area contributed by atoms with Crippen molar-refractivity contribution < 1.29 is 14.3 Å². The highest BCUT2D eigenvalue weighted by Crippen LogP contribution is 2.26. The second-order valence-corrected chi connectivity index (χ2v) is 14.6. The van der Waals surface area contributed by atoms with Crippen LogP contribution in [0.4, 0.5) is 0 Å². The van der Waals surface area contributed by atoms with E-state index in [4.69, 9.17) is 16.3 Å². The first kappa shape index (κ1) is 34.4. The lowest BCUT2D eigenvalue weighted by Crippen LogP contribution is -2.55. The van der Waals surface area contributed by atoms with Crippen LogP contribution in [0.3, 0.4) is 0 Å². The van der Waals surface area contributed by atoms with Gasteiger partial charge in [-0.3, -0.25) is 9.69 Å². The third kappa shape index (κ3) is 8.32. The van der Waals surface area contributed by atoms with E-state index >= 15 is 0 Å². The number of aromatic nitrogens is 4. The van der Waals surface area contributed by atoms with E-state index in [-0.39, 0.29) is 17.9 Å². The van der Waals surface area contributed by atoms with Crippen LogP contribution in [0.5, 0.6) is 0 Å². The molecule has 1 fully saturated rings. The van der Waals surface area contributed by atoms with Crippen LogP contribution in [-0.2, 0) is 17.8 Å². The van der Waals surface area contributed by atoms with Crippen LogP contribution in [0, 0.1) is 26.7 Å². The van der Waals surface area contributed by atoms with E-state index in [1.807, 2.05) is 88.7 Å². The van der Waals surface area contributed by atoms with E-state index in [2.05, 4.69) is 46.1 Å². The van der Waals surface area contributed by atoms with Crippen LogP contribution in [0.1, 0.15) is 90.0 Å². The van der Waals surface area contributed by atoms with Gasteiger partial charge in [0.05, 0.1) is 29.6 Å². The summed E-state index contributed by atoms with van der Waals surface area (Å²) >= 11 is 6.11. The number of benzene rings is 2. The van der Waals surface area contributed by atoms with Gasteiger partial charge in [-0.25, -0.2) is 9.48 Å². The van der Waals surface area contributed by atoms with Crippen molar-refractivity contribution in [1.29, 1.82) is 0 Å². The normalized spacial score (nSPS) is 15.8. The number of nitrogens with zero attached hydrogens (tertiary/aromatic N) is 6. The third-order valence-electron chi connectivity index (χ3n) is 8.57. The molecule has 0 aliphatic carbocycles. The molecule has 10 heteroatoms. The smallest absolute Gasteiger partial charge is 0.340 e. The SMILES string of the molecule is Cc1ccc(C(=O)N2CCN(Cc3ccc(Cl)cc3)CC2CC(C)C)c(-n2cc(Cn3c(C)cc(C(=O)OC(C)(C)C)c3C)nn2)c1. The number of carbonyl (C=O) groups excluding carboxylic acids is 2. The predicted molar refractivity (Wildman–Crippen MR) is 185 cm³/mol. The molecule has 47 heavy (non-hydrogen) atoms. The van der Waals surface area contributed by atoms with Gasteiger partial charge in [0.2, 0.25) is 0 Å². The minimum absolute atomic E-state index is 0.00736. The second kappa shape index (κ2) is 14.0. The van der Waals surface area contributed by atoms with Crippen molar-refractivity contribution in [3.05, 3.63) is 99.1 Å². The zero-order valence-electron chi connectivity index (χ0n) is 28.9. The molecule has 0 saturated carbocycles. The number of rotatable bonds is 9. The minimum Gasteiger partial charge on any atom is -0.456 e. The molecule has 2 aromatic heterocycles. The van der Waals surface area contributed by atoms with Gasteiger partial charge in [-0.2, -0.15) is 0 Å². The van der Waals surface area contributed by atoms with E-state index < -0.39 is 5.60 Å². The Bertz CT molecular complexity index is 1730. The highest BCUT2D eigenvalue weighted by molar-refractivity contribution is 6.30. The molecule has 1 aliphatic rings. The molecule has 5 rings (SSSR count). The molecule has 1 atom stereocenters. The zero-order valence-corrected chi connectivity index (χ0v) is 29.6. The van der Waals surface area contributed by atoms with E-state index in [1.165, 1.54) is 5.56 Å². The van der Waals surface area contributed by atoms with E-state index in [0.717, 1.165) is 53.7 Å². The zero-order chi connectivity index (χ0) is 34.0. The summed E-state index contributed by atoms with van der Waals surface area (Å²) < 4.78 is 9.36. The number of hydrogen-bond donors (Lipinski definition) is 0. The van der Waals surface area contributed by atoms with Gasteiger partial charge < -0.3 is 14.2 Å². The number of esters is 1. The van der Waals surface area contributed by atoms with Crippen LogP contribution in [0.25, 0.3) is 5.69 Å². The molecule has 2 aromatic carbocycles. The van der Waals surface area contributed by atoms with E-state index in [0.29, 0.717) is 35.8 Å². The average Bonchev–Trinajstić information content (AvgIpc) is 3.57. The third-order valence-corrected chi connectivity index (χ3v) is 8.83. The fraction of sp³-hybridized carbons (Fsp3) is 0.459. The molecule has 250 valence electrons. The first-order valence-electron chi connectivity index (χ1n) is 16.4. The summed E-state index contributed by atoms with van der Waals surface area (Å²) in [4.78, 5) is 31.7. The van der Waals surface area contributed by atoms with Crippen molar-refractivity contribution in [2.24, 2.45) is 5.92 Å². The number of aryl methyl sites for hydroxylation is 2. The Balaban J connectivity index is 1.37. The number of piperazine rings is 1. The molecule has 1 aliphatic heterocycles. The van der Waals surface area contributed by atoms with Gasteiger partial charge >= 0.3 is 5.97 Å². The summed E-state index contributed by atoms with van der Waals surface area (Å²) in [6.07, 6.45) is 2.78. The van der Waals surface area contributed by atoms with Crippen molar-refractivity contribution in [3.8, 4) is 5.69 Å². The Hall–Kier alpha value is -3.95. The van der Waals surface area contributed by atoms with Gasteiger partial charge in [-0.1, -0.05) is 48.9 Å². The minimum atomic E-state index is -0.578. The molecule has 1 amide bonds. The number of amides is 1. The summed E-state index contributed by atoms with van der Waals surface area (Å²) in [5.74, 6) is 0.107. The van der Waals surface area contributed by atoms with Gasteiger partial charge in [0.25, 0.3) is 5.91 Å². The maximum absolute atomic E-state index is 14.3. The van der Waals surface area contributed by atoms with Crippen molar-refractivity contribution in [2.75, 3.05) is 19.6 Å². The lowest BCUT2D eigenvalue weighted by molar-refractivity contribution is 0.00683. The standard InChI is InChI=1S/C37H47ClN6O3/c1-24(2)17-31-23-41(20-28-10-12-29(38)13-11-28)15-16-42(31)35(45)32-14-9-25(3)18-34(32)44-22-30(39-40-44)21-43-26(4)19-33(27(43)5)36(46)47-37(6,7)8/h9-14,18-19,22,24,31H,15-17,20-21,23H2,1-8H3. The topological polar surface area (TPSA) is 85.5 Å². The largest absolute Gasteiger partial charge is 0.456 e. The molecule has 0 spiro atoms. The maximum Gasteiger partial charge on any atom is 0.340 e. The monoisotopic (exact) mass is 658 g/mol. The summed E-state index contributed by atoms with van der Waals surface area (Å²) in [6.45, 7) is 19.4. The number of hydrogen-bond acceptors (Lipinski definition) is 6. The number of carbonyl (C=O) groups is 2. The van der Waals surface area contributed by atoms with Crippen LogP contribution in [0.15, 0.2) is 54.7 Å². The summed E-state index contributed by atoms with van der Waals surface area (Å²) in [5.41, 5.74) is 5.97. The Morgan fingerprint density at radius 3 is 2.38 bits per heavy atom. The number of halogens is 1. The van der Waals surface area contributed by atoms with Gasteiger partial charge in [-0.05, 0) is 95.3 Å². The average molecular weight is 659 g/mol. The predicted octanol–water partition coefficient (Wildman–Crippen LogP) is 7.02. The van der Waals surface area contributed by atoms with Crippen LogP contribution in [0.2, 0.25) is 5.02 Å². The highest BCUT2D eigenvalue weighted by Gasteiger charge is 2.33. The lowest BCUT2D eigenvalue weighted by atomic mass is 9.98. The Morgan fingerprint density at radius 2 is 1.70 bits per heavy atom. The molecule has 3 heterocycles. The molecule has 0 radical (unpaired) electrons. The fourth-order valence-corrected chi connectivity index (χ4v) is 6.45. The van der Waals surface area contributed by atoms with Gasteiger partial charge in [-0.15, -0.1) is 5.10 Å². The van der Waals surface area contributed by atoms with Crippen LogP contribution in [-0.4, -0.2) is 72.5 Å². The molecular formula is C37H47ClN6O3. The van der Waals surface area contributed by atoms with Crippen molar-refractivity contribution in [3.63, 3.8) is 0 Å². The quantitative estimate of drug-likeness (QED) is 0.180. The van der Waals surface area contributed by atoms with E-state index in [1.54, 1.807) is 4.68 Å². The summed E-state index contributed by atoms with van der Waals surface area (Å²) in [7, 11) is 0. The molecule has 4 aromatic rings. The maximum atomic E-state index is 14.3. The van der Waals surface area contributed by atoms with Gasteiger partial charge in [0.1, 0.15) is 11.3 Å².